The number of halogens is 2. The summed E-state index contributed by atoms with van der Waals surface area (Å²) in [5, 5.41) is 9.09. The molecule has 15 heavy (non-hydrogen) atoms. The summed E-state index contributed by atoms with van der Waals surface area (Å²) in [4.78, 5) is 1.80. The minimum absolute atomic E-state index is 0.00592. The van der Waals surface area contributed by atoms with Crippen molar-refractivity contribution >= 4 is 5.69 Å². The summed E-state index contributed by atoms with van der Waals surface area (Å²) in [6.45, 7) is 0.719. The van der Waals surface area contributed by atoms with Gasteiger partial charge in [0.25, 0.3) is 0 Å². The Kier molecular flexibility index (Phi) is 2.86. The van der Waals surface area contributed by atoms with Gasteiger partial charge in [-0.2, -0.15) is 0 Å². The topological polar surface area (TPSA) is 23.5 Å². The number of hydrogen-bond acceptors (Lipinski definition) is 2. The molecule has 0 saturated carbocycles. The molecule has 0 aliphatic carbocycles. The lowest BCUT2D eigenvalue weighted by atomic mass is 10.2. The van der Waals surface area contributed by atoms with Gasteiger partial charge in [-0.25, -0.2) is 8.78 Å². The van der Waals surface area contributed by atoms with Gasteiger partial charge in [-0.3, -0.25) is 0 Å². The van der Waals surface area contributed by atoms with Crippen LogP contribution in [0.4, 0.5) is 14.5 Å². The standard InChI is InChI=1S/C11H12F2NO/c12-8-4-9(13)6-11(5-8)14-3-1-2-10(14)7-15/h4-5,10,15H,1-3,7H2/t10-/m1/s1. The number of aliphatic hydroxyl groups excluding tert-OH is 1. The van der Waals surface area contributed by atoms with Crippen LogP contribution in [0, 0.1) is 17.7 Å². The van der Waals surface area contributed by atoms with Gasteiger partial charge < -0.3 is 10.0 Å². The minimum Gasteiger partial charge on any atom is -0.394 e. The lowest BCUT2D eigenvalue weighted by Crippen LogP contribution is -2.32. The maximum Gasteiger partial charge on any atom is 0.136 e. The van der Waals surface area contributed by atoms with Gasteiger partial charge >= 0.3 is 0 Å². The van der Waals surface area contributed by atoms with Crippen LogP contribution in [0.1, 0.15) is 12.8 Å². The first kappa shape index (κ1) is 10.4. The minimum atomic E-state index is -0.700. The average molecular weight is 212 g/mol. The number of anilines is 1. The van der Waals surface area contributed by atoms with E-state index in [0.29, 0.717) is 12.2 Å². The summed E-state index contributed by atoms with van der Waals surface area (Å²) in [5.74, 6) is -1.31. The number of benzene rings is 1. The second kappa shape index (κ2) is 4.14. The average Bonchev–Trinajstić information content (AvgIpc) is 2.63. The molecule has 1 aliphatic rings. The van der Waals surface area contributed by atoms with Crippen molar-refractivity contribution in [2.45, 2.75) is 18.9 Å². The predicted octanol–water partition coefficient (Wildman–Crippen LogP) is 1.73. The molecule has 1 N–H and O–H groups in total. The summed E-state index contributed by atoms with van der Waals surface area (Å²) in [6.07, 6.45) is 1.78. The first-order valence-electron chi connectivity index (χ1n) is 4.96. The number of nitrogens with zero attached hydrogens (tertiary/aromatic N) is 1. The fourth-order valence-electron chi connectivity index (χ4n) is 1.99. The van der Waals surface area contributed by atoms with Crippen LogP contribution >= 0.6 is 0 Å². The molecule has 1 aromatic carbocycles. The zero-order chi connectivity index (χ0) is 10.8. The molecule has 1 atom stereocenters. The Morgan fingerprint density at radius 2 is 2.27 bits per heavy atom. The van der Waals surface area contributed by atoms with Crippen molar-refractivity contribution in [3.63, 3.8) is 0 Å². The second-order valence-corrected chi connectivity index (χ2v) is 3.70. The van der Waals surface area contributed by atoms with Crippen LogP contribution < -0.4 is 4.90 Å². The third kappa shape index (κ3) is 2.09. The van der Waals surface area contributed by atoms with Gasteiger partial charge in [-0.1, -0.05) is 0 Å². The fraction of sp³-hybridized carbons (Fsp3) is 0.455. The maximum absolute atomic E-state index is 13.0. The molecule has 1 heterocycles. The van der Waals surface area contributed by atoms with Gasteiger partial charge in [0.2, 0.25) is 0 Å². The highest BCUT2D eigenvalue weighted by molar-refractivity contribution is 5.47. The molecule has 1 aromatic rings. The van der Waals surface area contributed by atoms with Crippen molar-refractivity contribution in [2.75, 3.05) is 18.1 Å². The van der Waals surface area contributed by atoms with E-state index in [2.05, 4.69) is 6.07 Å². The Bertz CT molecular complexity index is 336. The number of aliphatic hydroxyl groups is 1. The van der Waals surface area contributed by atoms with E-state index in [4.69, 9.17) is 5.11 Å². The van der Waals surface area contributed by atoms with Crippen LogP contribution in [0.5, 0.6) is 0 Å². The zero-order valence-electron chi connectivity index (χ0n) is 8.21. The van der Waals surface area contributed by atoms with Gasteiger partial charge in [0, 0.05) is 18.7 Å². The van der Waals surface area contributed by atoms with E-state index in [1.54, 1.807) is 4.90 Å². The number of hydrogen-bond donors (Lipinski definition) is 1. The van der Waals surface area contributed by atoms with Crippen LogP contribution in [0.3, 0.4) is 0 Å². The third-order valence-electron chi connectivity index (χ3n) is 2.68. The van der Waals surface area contributed by atoms with Gasteiger partial charge in [-0.05, 0) is 18.9 Å². The summed E-state index contributed by atoms with van der Waals surface area (Å²) >= 11 is 0. The van der Waals surface area contributed by atoms with E-state index in [9.17, 15) is 8.78 Å². The van der Waals surface area contributed by atoms with Crippen LogP contribution in [0.15, 0.2) is 12.1 Å². The molecule has 0 unspecified atom stereocenters. The molecule has 1 fully saturated rings. The molecule has 4 heteroatoms. The van der Waals surface area contributed by atoms with Gasteiger partial charge in [-0.15, -0.1) is 0 Å². The second-order valence-electron chi connectivity index (χ2n) is 3.70. The largest absolute Gasteiger partial charge is 0.394 e. The summed E-state index contributed by atoms with van der Waals surface area (Å²) in [6, 6.07) is 4.47. The van der Waals surface area contributed by atoms with Crippen LogP contribution in [0.2, 0.25) is 0 Å². The van der Waals surface area contributed by atoms with E-state index < -0.39 is 11.6 Å². The molecule has 0 aromatic heterocycles. The predicted molar refractivity (Wildman–Crippen MR) is 52.6 cm³/mol. The van der Waals surface area contributed by atoms with Crippen molar-refractivity contribution in [3.05, 3.63) is 29.8 Å². The molecular formula is C11H12F2NO. The summed E-state index contributed by atoms with van der Waals surface area (Å²) in [5.41, 5.74) is 0.393. The molecule has 0 bridgehead atoms. The quantitative estimate of drug-likeness (QED) is 0.807. The lowest BCUT2D eigenvalue weighted by molar-refractivity contribution is 0.266. The van der Waals surface area contributed by atoms with Crippen molar-refractivity contribution in [3.8, 4) is 0 Å². The molecule has 0 amide bonds. The van der Waals surface area contributed by atoms with Crippen LogP contribution in [-0.2, 0) is 0 Å². The van der Waals surface area contributed by atoms with Gasteiger partial charge in [0.1, 0.15) is 11.6 Å². The normalized spacial score (nSPS) is 21.0. The lowest BCUT2D eigenvalue weighted by Gasteiger charge is -2.24. The molecule has 1 aliphatic heterocycles. The van der Waals surface area contributed by atoms with Crippen LogP contribution in [0.25, 0.3) is 0 Å². The van der Waals surface area contributed by atoms with E-state index in [1.165, 1.54) is 6.07 Å². The zero-order valence-corrected chi connectivity index (χ0v) is 8.21. The van der Waals surface area contributed by atoms with Crippen LogP contribution in [-0.4, -0.2) is 24.3 Å². The van der Waals surface area contributed by atoms with Crippen molar-refractivity contribution in [1.29, 1.82) is 0 Å². The smallest absolute Gasteiger partial charge is 0.136 e. The highest BCUT2D eigenvalue weighted by atomic mass is 19.1. The highest BCUT2D eigenvalue weighted by Crippen LogP contribution is 2.26. The maximum atomic E-state index is 13.0. The molecule has 2 rings (SSSR count). The monoisotopic (exact) mass is 212 g/mol. The third-order valence-corrected chi connectivity index (χ3v) is 2.68. The highest BCUT2D eigenvalue weighted by Gasteiger charge is 2.24. The molecule has 1 radical (unpaired) electrons. The summed E-state index contributed by atoms with van der Waals surface area (Å²) in [7, 11) is 0. The molecule has 2 nitrogen and oxygen atoms in total. The van der Waals surface area contributed by atoms with Crippen molar-refractivity contribution in [2.24, 2.45) is 0 Å². The van der Waals surface area contributed by atoms with E-state index in [-0.39, 0.29) is 12.6 Å². The first-order valence-corrected chi connectivity index (χ1v) is 4.96. The van der Waals surface area contributed by atoms with Gasteiger partial charge in [0.05, 0.1) is 18.3 Å². The van der Waals surface area contributed by atoms with Crippen molar-refractivity contribution < 1.29 is 13.9 Å². The Morgan fingerprint density at radius 1 is 1.47 bits per heavy atom. The van der Waals surface area contributed by atoms with Crippen molar-refractivity contribution in [1.82, 2.24) is 0 Å². The molecule has 1 saturated heterocycles. The first-order chi connectivity index (χ1) is 7.20. The Morgan fingerprint density at radius 3 is 2.93 bits per heavy atom. The van der Waals surface area contributed by atoms with E-state index in [1.807, 2.05) is 0 Å². The van der Waals surface area contributed by atoms with Gasteiger partial charge in [0.15, 0.2) is 0 Å². The Hall–Kier alpha value is -1.16. The SMILES string of the molecule is OC[C@H]1CCCN1c1[c]c(F)cc(F)c1. The van der Waals surface area contributed by atoms with E-state index in [0.717, 1.165) is 18.9 Å². The summed E-state index contributed by atoms with van der Waals surface area (Å²) < 4.78 is 25.9. The Labute approximate surface area is 87.1 Å². The molecule has 0 spiro atoms. The fourth-order valence-corrected chi connectivity index (χ4v) is 1.99. The molecule has 81 valence electrons. The number of rotatable bonds is 2. The molecular weight excluding hydrogens is 200 g/mol. The van der Waals surface area contributed by atoms with E-state index >= 15 is 0 Å². The Balaban J connectivity index is 2.28.